The first-order valence-corrected chi connectivity index (χ1v) is 7.95. The summed E-state index contributed by atoms with van der Waals surface area (Å²) in [6.07, 6.45) is 2.49. The molecule has 4 nitrogen and oxygen atoms in total. The molecule has 1 unspecified atom stereocenters. The molecule has 0 N–H and O–H groups in total. The first-order valence-electron chi connectivity index (χ1n) is 7.95. The Morgan fingerprint density at radius 3 is 2.46 bits per heavy atom. The number of hydrazone groups is 1. The molecule has 1 aliphatic heterocycles. The number of methoxy groups -OCH3 is 1. The summed E-state index contributed by atoms with van der Waals surface area (Å²) in [7, 11) is 1.68. The predicted molar refractivity (Wildman–Crippen MR) is 94.5 cm³/mol. The third-order valence-corrected chi connectivity index (χ3v) is 4.24. The molecule has 24 heavy (non-hydrogen) atoms. The molecule has 0 amide bonds. The molecule has 2 heterocycles. The van der Waals surface area contributed by atoms with Crippen molar-refractivity contribution < 1.29 is 9.15 Å². The molecule has 1 aromatic heterocycles. The maximum absolute atomic E-state index is 5.54. The first-order chi connectivity index (χ1) is 11.8. The Bertz CT molecular complexity index is 824. The van der Waals surface area contributed by atoms with Crippen molar-refractivity contribution in [3.05, 3.63) is 84.3 Å². The molecule has 4 rings (SSSR count). The van der Waals surface area contributed by atoms with Crippen LogP contribution in [0.2, 0.25) is 0 Å². The lowest BCUT2D eigenvalue weighted by atomic mass is 10.0. The van der Waals surface area contributed by atoms with Crippen molar-refractivity contribution in [3.8, 4) is 5.75 Å². The Labute approximate surface area is 141 Å². The summed E-state index contributed by atoms with van der Waals surface area (Å²) in [6, 6.07) is 22.4. The number of furan rings is 1. The van der Waals surface area contributed by atoms with Crippen molar-refractivity contribution >= 4 is 11.4 Å². The molecule has 0 fully saturated rings. The molecule has 120 valence electrons. The minimum Gasteiger partial charge on any atom is -0.497 e. The third kappa shape index (κ3) is 2.67. The summed E-state index contributed by atoms with van der Waals surface area (Å²) >= 11 is 0. The second-order valence-corrected chi connectivity index (χ2v) is 5.70. The van der Waals surface area contributed by atoms with E-state index in [9.17, 15) is 0 Å². The molecular formula is C20H18N2O2. The molecule has 2 aromatic carbocycles. The average Bonchev–Trinajstić information content (AvgIpc) is 3.32. The van der Waals surface area contributed by atoms with Gasteiger partial charge in [0.25, 0.3) is 0 Å². The van der Waals surface area contributed by atoms with Gasteiger partial charge in [-0.3, -0.25) is 5.01 Å². The summed E-state index contributed by atoms with van der Waals surface area (Å²) in [6.45, 7) is 0. The van der Waals surface area contributed by atoms with Crippen LogP contribution in [0.1, 0.15) is 23.8 Å². The summed E-state index contributed by atoms with van der Waals surface area (Å²) in [5.41, 5.74) is 3.23. The fourth-order valence-electron chi connectivity index (χ4n) is 3.01. The van der Waals surface area contributed by atoms with Gasteiger partial charge in [-0.15, -0.1) is 0 Å². The molecule has 0 saturated carbocycles. The lowest BCUT2D eigenvalue weighted by Gasteiger charge is -2.24. The first kappa shape index (κ1) is 14.6. The lowest BCUT2D eigenvalue weighted by Crippen LogP contribution is -2.18. The molecule has 0 saturated heterocycles. The Balaban J connectivity index is 1.71. The zero-order valence-corrected chi connectivity index (χ0v) is 13.4. The summed E-state index contributed by atoms with van der Waals surface area (Å²) in [5.74, 6) is 1.68. The highest BCUT2D eigenvalue weighted by Crippen LogP contribution is 2.37. The maximum atomic E-state index is 5.54. The topological polar surface area (TPSA) is 38.0 Å². The van der Waals surface area contributed by atoms with Crippen LogP contribution >= 0.6 is 0 Å². The van der Waals surface area contributed by atoms with Gasteiger partial charge in [-0.05, 0) is 42.0 Å². The van der Waals surface area contributed by atoms with Gasteiger partial charge in [0, 0.05) is 6.42 Å². The highest BCUT2D eigenvalue weighted by atomic mass is 16.5. The van der Waals surface area contributed by atoms with E-state index in [4.69, 9.17) is 14.3 Å². The van der Waals surface area contributed by atoms with Crippen LogP contribution in [-0.4, -0.2) is 12.8 Å². The predicted octanol–water partition coefficient (Wildman–Crippen LogP) is 4.64. The molecule has 0 radical (unpaired) electrons. The Hall–Kier alpha value is -3.01. The van der Waals surface area contributed by atoms with Gasteiger partial charge in [-0.25, -0.2) is 0 Å². The van der Waals surface area contributed by atoms with Crippen molar-refractivity contribution in [1.29, 1.82) is 0 Å². The summed E-state index contributed by atoms with van der Waals surface area (Å²) in [5, 5.41) is 6.90. The van der Waals surface area contributed by atoms with Crippen molar-refractivity contribution in [2.24, 2.45) is 5.10 Å². The van der Waals surface area contributed by atoms with Crippen LogP contribution in [0.3, 0.4) is 0 Å². The molecule has 4 heteroatoms. The number of hydrogen-bond acceptors (Lipinski definition) is 4. The minimum absolute atomic E-state index is 0.137. The van der Waals surface area contributed by atoms with Crippen molar-refractivity contribution in [2.75, 3.05) is 12.1 Å². The third-order valence-electron chi connectivity index (χ3n) is 4.24. The van der Waals surface area contributed by atoms with Crippen molar-refractivity contribution in [2.45, 2.75) is 12.5 Å². The van der Waals surface area contributed by atoms with Gasteiger partial charge in [0.1, 0.15) is 17.2 Å². The number of benzene rings is 2. The normalized spacial score (nSPS) is 17.0. The molecular weight excluding hydrogens is 300 g/mol. The van der Waals surface area contributed by atoms with Crippen LogP contribution in [0.15, 0.2) is 82.5 Å². The van der Waals surface area contributed by atoms with Crippen molar-refractivity contribution in [1.82, 2.24) is 0 Å². The Morgan fingerprint density at radius 1 is 1.00 bits per heavy atom. The van der Waals surface area contributed by atoms with E-state index in [1.54, 1.807) is 13.4 Å². The Morgan fingerprint density at radius 2 is 1.79 bits per heavy atom. The lowest BCUT2D eigenvalue weighted by molar-refractivity contribution is 0.414. The highest BCUT2D eigenvalue weighted by molar-refractivity contribution is 6.01. The smallest absolute Gasteiger partial charge is 0.149 e. The molecule has 0 aliphatic carbocycles. The van der Waals surface area contributed by atoms with Gasteiger partial charge < -0.3 is 9.15 Å². The number of rotatable bonds is 4. The number of para-hydroxylation sites is 1. The van der Waals surface area contributed by atoms with Gasteiger partial charge in [-0.1, -0.05) is 30.3 Å². The molecule has 0 spiro atoms. The van der Waals surface area contributed by atoms with Crippen LogP contribution in [0.5, 0.6) is 5.75 Å². The van der Waals surface area contributed by atoms with Crippen LogP contribution in [0.4, 0.5) is 5.69 Å². The van der Waals surface area contributed by atoms with E-state index in [2.05, 4.69) is 29.3 Å². The number of anilines is 1. The summed E-state index contributed by atoms with van der Waals surface area (Å²) < 4.78 is 10.8. The maximum Gasteiger partial charge on any atom is 0.149 e. The standard InChI is InChI=1S/C20H18N2O2/c1-23-17-11-9-15(10-12-17)19-14-18(20-8-5-13-24-20)21-22(19)16-6-3-2-4-7-16/h2-13,19H,14H2,1H3. The van der Waals surface area contributed by atoms with Gasteiger partial charge >= 0.3 is 0 Å². The zero-order valence-electron chi connectivity index (χ0n) is 13.4. The second kappa shape index (κ2) is 6.24. The second-order valence-electron chi connectivity index (χ2n) is 5.70. The van der Waals surface area contributed by atoms with E-state index in [0.29, 0.717) is 0 Å². The van der Waals surface area contributed by atoms with Gasteiger partial charge in [0.2, 0.25) is 0 Å². The SMILES string of the molecule is COc1ccc(C2CC(c3ccco3)=NN2c2ccccc2)cc1. The number of hydrogen-bond donors (Lipinski definition) is 0. The minimum atomic E-state index is 0.137. The van der Waals surface area contributed by atoms with E-state index in [1.165, 1.54) is 5.56 Å². The molecule has 1 aliphatic rings. The van der Waals surface area contributed by atoms with Gasteiger partial charge in [0.05, 0.1) is 25.1 Å². The molecule has 0 bridgehead atoms. The van der Waals surface area contributed by atoms with Crippen LogP contribution < -0.4 is 9.75 Å². The fraction of sp³-hybridized carbons (Fsp3) is 0.150. The Kier molecular flexibility index (Phi) is 3.79. The fourth-order valence-corrected chi connectivity index (χ4v) is 3.01. The van der Waals surface area contributed by atoms with Crippen LogP contribution in [0.25, 0.3) is 0 Å². The molecule has 1 atom stereocenters. The largest absolute Gasteiger partial charge is 0.497 e. The van der Waals surface area contributed by atoms with E-state index in [-0.39, 0.29) is 6.04 Å². The number of nitrogens with zero attached hydrogens (tertiary/aromatic N) is 2. The van der Waals surface area contributed by atoms with Crippen LogP contribution in [-0.2, 0) is 0 Å². The van der Waals surface area contributed by atoms with E-state index < -0.39 is 0 Å². The zero-order chi connectivity index (χ0) is 16.4. The van der Waals surface area contributed by atoms with Crippen molar-refractivity contribution in [3.63, 3.8) is 0 Å². The summed E-state index contributed by atoms with van der Waals surface area (Å²) in [4.78, 5) is 0. The quantitative estimate of drug-likeness (QED) is 0.703. The average molecular weight is 318 g/mol. The van der Waals surface area contributed by atoms with Gasteiger partial charge in [0.15, 0.2) is 0 Å². The van der Waals surface area contributed by atoms with E-state index in [1.807, 2.05) is 42.5 Å². The van der Waals surface area contributed by atoms with E-state index in [0.717, 1.165) is 29.3 Å². The monoisotopic (exact) mass is 318 g/mol. The van der Waals surface area contributed by atoms with Gasteiger partial charge in [-0.2, -0.15) is 5.10 Å². The molecule has 3 aromatic rings. The van der Waals surface area contributed by atoms with E-state index >= 15 is 0 Å². The number of ether oxygens (including phenoxy) is 1. The highest BCUT2D eigenvalue weighted by Gasteiger charge is 2.30. The van der Waals surface area contributed by atoms with Crippen LogP contribution in [0, 0.1) is 0 Å².